The lowest BCUT2D eigenvalue weighted by molar-refractivity contribution is 0.415. The minimum absolute atomic E-state index is 0.848. The number of aromatic nitrogens is 2. The van der Waals surface area contributed by atoms with E-state index in [1.807, 2.05) is 48.3 Å². The van der Waals surface area contributed by atoms with Gasteiger partial charge in [0.1, 0.15) is 11.4 Å². The number of methoxy groups -OCH3 is 1. The zero-order chi connectivity index (χ0) is 12.1. The van der Waals surface area contributed by atoms with Crippen LogP contribution in [0, 0.1) is 0 Å². The summed E-state index contributed by atoms with van der Waals surface area (Å²) in [6.07, 6.45) is 5.49. The molecular formula is C13H15N3O. The number of ether oxygens (including phenoxy) is 1. The lowest BCUT2D eigenvalue weighted by atomic mass is 10.2. The maximum atomic E-state index is 5.09. The molecule has 4 nitrogen and oxygen atoms in total. The van der Waals surface area contributed by atoms with E-state index in [4.69, 9.17) is 4.74 Å². The van der Waals surface area contributed by atoms with Gasteiger partial charge < -0.3 is 4.74 Å². The second-order valence-corrected chi connectivity index (χ2v) is 3.59. The lowest BCUT2D eigenvalue weighted by Crippen LogP contribution is -1.91. The second kappa shape index (κ2) is 5.30. The molecule has 1 heterocycles. The molecule has 17 heavy (non-hydrogen) atoms. The Morgan fingerprint density at radius 2 is 2.12 bits per heavy atom. The topological polar surface area (TPSA) is 39.4 Å². The van der Waals surface area contributed by atoms with Gasteiger partial charge in [-0.1, -0.05) is 0 Å². The molecule has 0 atom stereocenters. The lowest BCUT2D eigenvalue weighted by Gasteiger charge is -1.98. The Morgan fingerprint density at radius 1 is 1.35 bits per heavy atom. The van der Waals surface area contributed by atoms with Crippen LogP contribution in [0.15, 0.2) is 41.7 Å². The first-order valence-corrected chi connectivity index (χ1v) is 5.52. The van der Waals surface area contributed by atoms with Crippen LogP contribution in [0.1, 0.15) is 12.5 Å². The van der Waals surface area contributed by atoms with Gasteiger partial charge in [-0.15, -0.1) is 0 Å². The van der Waals surface area contributed by atoms with Crippen LogP contribution in [0.3, 0.4) is 0 Å². The highest BCUT2D eigenvalue weighted by Crippen LogP contribution is 2.12. The summed E-state index contributed by atoms with van der Waals surface area (Å²) < 4.78 is 6.94. The van der Waals surface area contributed by atoms with Crippen LogP contribution < -0.4 is 4.74 Å². The Balaban J connectivity index is 2.08. The van der Waals surface area contributed by atoms with Gasteiger partial charge in [-0.25, -0.2) is 0 Å². The predicted octanol–water partition coefficient (Wildman–Crippen LogP) is 2.66. The Bertz CT molecular complexity index is 500. The fourth-order valence-electron chi connectivity index (χ4n) is 1.43. The van der Waals surface area contributed by atoms with Gasteiger partial charge in [-0.3, -0.25) is 9.67 Å². The van der Waals surface area contributed by atoms with Crippen molar-refractivity contribution < 1.29 is 4.74 Å². The molecule has 1 aromatic carbocycles. The van der Waals surface area contributed by atoms with E-state index in [9.17, 15) is 0 Å². The van der Waals surface area contributed by atoms with Crippen molar-refractivity contribution in [2.75, 3.05) is 7.11 Å². The summed E-state index contributed by atoms with van der Waals surface area (Å²) in [6.45, 7) is 2.90. The number of rotatable bonds is 4. The number of hydrogen-bond acceptors (Lipinski definition) is 3. The van der Waals surface area contributed by atoms with Crippen molar-refractivity contribution in [3.63, 3.8) is 0 Å². The van der Waals surface area contributed by atoms with Crippen LogP contribution in [-0.4, -0.2) is 23.1 Å². The summed E-state index contributed by atoms with van der Waals surface area (Å²) >= 11 is 0. The zero-order valence-electron chi connectivity index (χ0n) is 10.00. The van der Waals surface area contributed by atoms with Crippen molar-refractivity contribution >= 4 is 11.9 Å². The fraction of sp³-hybridized carbons (Fsp3) is 0.231. The van der Waals surface area contributed by atoms with Crippen LogP contribution in [0.4, 0.5) is 5.69 Å². The van der Waals surface area contributed by atoms with Crippen LogP contribution >= 0.6 is 0 Å². The van der Waals surface area contributed by atoms with E-state index in [0.717, 1.165) is 23.5 Å². The zero-order valence-corrected chi connectivity index (χ0v) is 10.00. The van der Waals surface area contributed by atoms with Gasteiger partial charge in [-0.2, -0.15) is 5.10 Å². The fourth-order valence-corrected chi connectivity index (χ4v) is 1.43. The van der Waals surface area contributed by atoms with Gasteiger partial charge in [0.15, 0.2) is 0 Å². The van der Waals surface area contributed by atoms with E-state index < -0.39 is 0 Å². The van der Waals surface area contributed by atoms with E-state index >= 15 is 0 Å². The molecule has 4 heteroatoms. The highest BCUT2D eigenvalue weighted by Gasteiger charge is 1.94. The van der Waals surface area contributed by atoms with Gasteiger partial charge in [0, 0.05) is 12.8 Å². The standard InChI is InChI=1S/C13H15N3O/c1-3-16-10-12(9-15-16)14-8-11-4-6-13(17-2)7-5-11/h4-10H,3H2,1-2H3. The minimum Gasteiger partial charge on any atom is -0.497 e. The normalized spacial score (nSPS) is 10.9. The smallest absolute Gasteiger partial charge is 0.118 e. The molecule has 2 rings (SSSR count). The van der Waals surface area contributed by atoms with Crippen LogP contribution in [0.2, 0.25) is 0 Å². The highest BCUT2D eigenvalue weighted by atomic mass is 16.5. The number of nitrogens with zero attached hydrogens (tertiary/aromatic N) is 3. The minimum atomic E-state index is 0.848. The summed E-state index contributed by atoms with van der Waals surface area (Å²) in [4.78, 5) is 4.35. The van der Waals surface area contributed by atoms with Crippen molar-refractivity contribution in [2.24, 2.45) is 4.99 Å². The number of benzene rings is 1. The first-order valence-electron chi connectivity index (χ1n) is 5.52. The maximum absolute atomic E-state index is 5.09. The molecule has 0 bridgehead atoms. The van der Waals surface area contributed by atoms with E-state index in [-0.39, 0.29) is 0 Å². The van der Waals surface area contributed by atoms with Crippen LogP contribution in [-0.2, 0) is 6.54 Å². The molecule has 0 N–H and O–H groups in total. The Hall–Kier alpha value is -2.10. The van der Waals surface area contributed by atoms with Crippen molar-refractivity contribution in [3.8, 4) is 5.75 Å². The monoisotopic (exact) mass is 229 g/mol. The molecule has 0 unspecified atom stereocenters. The molecule has 1 aromatic heterocycles. The van der Waals surface area contributed by atoms with Gasteiger partial charge in [0.05, 0.1) is 19.5 Å². The van der Waals surface area contributed by atoms with Crippen molar-refractivity contribution in [2.45, 2.75) is 13.5 Å². The third-order valence-corrected chi connectivity index (χ3v) is 2.42. The molecule has 0 saturated heterocycles. The Morgan fingerprint density at radius 3 is 2.71 bits per heavy atom. The van der Waals surface area contributed by atoms with Gasteiger partial charge in [-0.05, 0) is 36.8 Å². The molecule has 88 valence electrons. The molecule has 0 radical (unpaired) electrons. The van der Waals surface area contributed by atoms with Crippen LogP contribution in [0.5, 0.6) is 5.75 Å². The Kier molecular flexibility index (Phi) is 3.55. The van der Waals surface area contributed by atoms with Gasteiger partial charge in [0.2, 0.25) is 0 Å². The summed E-state index contributed by atoms with van der Waals surface area (Å²) in [5, 5.41) is 4.16. The number of aliphatic imine (C=N–C) groups is 1. The van der Waals surface area contributed by atoms with Crippen molar-refractivity contribution in [1.82, 2.24) is 9.78 Å². The Labute approximate surface area is 101 Å². The molecule has 0 fully saturated rings. The van der Waals surface area contributed by atoms with Crippen molar-refractivity contribution in [1.29, 1.82) is 0 Å². The van der Waals surface area contributed by atoms with E-state index in [0.29, 0.717) is 0 Å². The second-order valence-electron chi connectivity index (χ2n) is 3.59. The van der Waals surface area contributed by atoms with Gasteiger partial charge in [0.25, 0.3) is 0 Å². The third-order valence-electron chi connectivity index (χ3n) is 2.42. The SMILES string of the molecule is CCn1cc(N=Cc2ccc(OC)cc2)cn1. The first kappa shape index (κ1) is 11.4. The van der Waals surface area contributed by atoms with Crippen LogP contribution in [0.25, 0.3) is 0 Å². The average Bonchev–Trinajstić information content (AvgIpc) is 2.85. The van der Waals surface area contributed by atoms with Gasteiger partial charge >= 0.3 is 0 Å². The summed E-state index contributed by atoms with van der Waals surface area (Å²) in [6, 6.07) is 7.76. The number of hydrogen-bond donors (Lipinski definition) is 0. The maximum Gasteiger partial charge on any atom is 0.118 e. The molecule has 0 amide bonds. The van der Waals surface area contributed by atoms with E-state index in [1.165, 1.54) is 0 Å². The largest absolute Gasteiger partial charge is 0.497 e. The molecule has 0 aliphatic carbocycles. The number of aryl methyl sites for hydroxylation is 1. The van der Waals surface area contributed by atoms with E-state index in [1.54, 1.807) is 13.3 Å². The summed E-state index contributed by atoms with van der Waals surface area (Å²) in [5.74, 6) is 0.848. The summed E-state index contributed by atoms with van der Waals surface area (Å²) in [7, 11) is 1.65. The highest BCUT2D eigenvalue weighted by molar-refractivity contribution is 5.81. The third kappa shape index (κ3) is 2.93. The molecule has 2 aromatic rings. The molecule has 0 aliphatic rings. The quantitative estimate of drug-likeness (QED) is 0.756. The molecule has 0 spiro atoms. The van der Waals surface area contributed by atoms with E-state index in [2.05, 4.69) is 10.1 Å². The van der Waals surface area contributed by atoms with Crippen molar-refractivity contribution in [3.05, 3.63) is 42.2 Å². The molecular weight excluding hydrogens is 214 g/mol. The summed E-state index contributed by atoms with van der Waals surface area (Å²) in [5.41, 5.74) is 1.90. The molecule has 0 aliphatic heterocycles. The molecule has 0 saturated carbocycles. The average molecular weight is 229 g/mol. The predicted molar refractivity (Wildman–Crippen MR) is 68.1 cm³/mol. The first-order chi connectivity index (χ1) is 8.31.